The summed E-state index contributed by atoms with van der Waals surface area (Å²) in [6, 6.07) is 6.15. The molecule has 0 aliphatic heterocycles. The maximum atomic E-state index is 11.9. The molecule has 1 aromatic carbocycles. The van der Waals surface area contributed by atoms with E-state index in [1.54, 1.807) is 19.2 Å². The van der Waals surface area contributed by atoms with Gasteiger partial charge in [0.05, 0.1) is 0 Å². The Bertz CT molecular complexity index is 381. The van der Waals surface area contributed by atoms with Crippen molar-refractivity contribution in [1.29, 1.82) is 0 Å². The molecule has 1 aromatic rings. The molecule has 0 N–H and O–H groups in total. The Kier molecular flexibility index (Phi) is 5.51. The number of benzene rings is 1. The topological polar surface area (TPSA) is 38.8 Å². The first-order chi connectivity index (χ1) is 8.52. The fourth-order valence-corrected chi connectivity index (χ4v) is 1.37. The molecule has 0 bridgehead atoms. The summed E-state index contributed by atoms with van der Waals surface area (Å²) in [6.07, 6.45) is 0. The number of alkyl halides is 2. The van der Waals surface area contributed by atoms with E-state index in [1.165, 1.54) is 24.1 Å². The van der Waals surface area contributed by atoms with Gasteiger partial charge < -0.3 is 14.4 Å². The Morgan fingerprint density at radius 2 is 1.94 bits per heavy atom. The Morgan fingerprint density at radius 3 is 2.44 bits per heavy atom. The van der Waals surface area contributed by atoms with Gasteiger partial charge in [0.2, 0.25) is 5.91 Å². The summed E-state index contributed by atoms with van der Waals surface area (Å²) in [5.74, 6) is -0.0509. The van der Waals surface area contributed by atoms with Crippen LogP contribution in [-0.4, -0.2) is 38.2 Å². The summed E-state index contributed by atoms with van der Waals surface area (Å²) in [6.45, 7) is -2.43. The van der Waals surface area contributed by atoms with Crippen molar-refractivity contribution in [3.8, 4) is 5.75 Å². The standard InChI is InChI=1S/C12H15F2NO3/c1-15(11(16)8-17-2)7-9-3-5-10(6-4-9)18-12(13)14/h3-6,12H,7-8H2,1-2H3. The average molecular weight is 259 g/mol. The van der Waals surface area contributed by atoms with Crippen LogP contribution >= 0.6 is 0 Å². The number of likely N-dealkylation sites (N-methyl/N-ethyl adjacent to an activating group) is 1. The fourth-order valence-electron chi connectivity index (χ4n) is 1.37. The number of rotatable bonds is 6. The minimum Gasteiger partial charge on any atom is -0.435 e. The van der Waals surface area contributed by atoms with Crippen LogP contribution in [-0.2, 0) is 16.1 Å². The van der Waals surface area contributed by atoms with Gasteiger partial charge in [-0.2, -0.15) is 8.78 Å². The van der Waals surface area contributed by atoms with Crippen LogP contribution in [0.15, 0.2) is 24.3 Å². The number of amides is 1. The van der Waals surface area contributed by atoms with Crippen molar-refractivity contribution in [2.24, 2.45) is 0 Å². The van der Waals surface area contributed by atoms with Crippen molar-refractivity contribution in [1.82, 2.24) is 4.90 Å². The lowest BCUT2D eigenvalue weighted by molar-refractivity contribution is -0.134. The first-order valence-corrected chi connectivity index (χ1v) is 5.29. The minimum absolute atomic E-state index is 0.0169. The Morgan fingerprint density at radius 1 is 1.33 bits per heavy atom. The van der Waals surface area contributed by atoms with E-state index in [9.17, 15) is 13.6 Å². The van der Waals surface area contributed by atoms with E-state index in [0.29, 0.717) is 6.54 Å². The van der Waals surface area contributed by atoms with E-state index >= 15 is 0 Å². The van der Waals surface area contributed by atoms with Crippen LogP contribution in [0.2, 0.25) is 0 Å². The molecule has 0 fully saturated rings. The third kappa shape index (κ3) is 4.67. The van der Waals surface area contributed by atoms with Crippen LogP contribution in [0.3, 0.4) is 0 Å². The smallest absolute Gasteiger partial charge is 0.387 e. The lowest BCUT2D eigenvalue weighted by Crippen LogP contribution is -2.29. The molecule has 1 rings (SSSR count). The molecule has 1 amide bonds. The summed E-state index contributed by atoms with van der Waals surface area (Å²) >= 11 is 0. The van der Waals surface area contributed by atoms with Gasteiger partial charge in [0, 0.05) is 20.7 Å². The maximum absolute atomic E-state index is 11.9. The zero-order valence-electron chi connectivity index (χ0n) is 10.2. The normalized spacial score (nSPS) is 10.5. The molecule has 6 heteroatoms. The van der Waals surface area contributed by atoms with Crippen LogP contribution in [0.1, 0.15) is 5.56 Å². The molecular formula is C12H15F2NO3. The molecule has 0 aliphatic rings. The van der Waals surface area contributed by atoms with Gasteiger partial charge in [0.25, 0.3) is 0 Å². The van der Waals surface area contributed by atoms with Crippen LogP contribution in [0, 0.1) is 0 Å². The molecular weight excluding hydrogens is 244 g/mol. The molecule has 0 atom stereocenters. The van der Waals surface area contributed by atoms with Crippen molar-refractivity contribution < 1.29 is 23.0 Å². The molecule has 18 heavy (non-hydrogen) atoms. The Labute approximate surface area is 104 Å². The summed E-state index contributed by atoms with van der Waals surface area (Å²) in [5, 5.41) is 0. The van der Waals surface area contributed by atoms with E-state index in [0.717, 1.165) is 5.56 Å². The summed E-state index contributed by atoms with van der Waals surface area (Å²) < 4.78 is 32.8. The fraction of sp³-hybridized carbons (Fsp3) is 0.417. The average Bonchev–Trinajstić information content (AvgIpc) is 2.31. The third-order valence-corrected chi connectivity index (χ3v) is 2.26. The van der Waals surface area contributed by atoms with Crippen molar-refractivity contribution in [3.63, 3.8) is 0 Å². The first kappa shape index (κ1) is 14.4. The zero-order chi connectivity index (χ0) is 13.5. The van der Waals surface area contributed by atoms with Gasteiger partial charge >= 0.3 is 6.61 Å². The van der Waals surface area contributed by atoms with Crippen LogP contribution < -0.4 is 4.74 Å². The molecule has 100 valence electrons. The van der Waals surface area contributed by atoms with Gasteiger partial charge in [-0.3, -0.25) is 4.79 Å². The second-order valence-electron chi connectivity index (χ2n) is 3.71. The number of hydrogen-bond donors (Lipinski definition) is 0. The van der Waals surface area contributed by atoms with Crippen LogP contribution in [0.5, 0.6) is 5.75 Å². The first-order valence-electron chi connectivity index (χ1n) is 5.29. The molecule has 0 spiro atoms. The molecule has 0 aromatic heterocycles. The summed E-state index contributed by atoms with van der Waals surface area (Å²) in [4.78, 5) is 12.9. The lowest BCUT2D eigenvalue weighted by atomic mass is 10.2. The number of hydrogen-bond acceptors (Lipinski definition) is 3. The van der Waals surface area contributed by atoms with Crippen molar-refractivity contribution in [2.75, 3.05) is 20.8 Å². The molecule has 0 saturated carbocycles. The van der Waals surface area contributed by atoms with Crippen molar-refractivity contribution >= 4 is 5.91 Å². The van der Waals surface area contributed by atoms with Gasteiger partial charge in [-0.05, 0) is 17.7 Å². The highest BCUT2D eigenvalue weighted by Gasteiger charge is 2.09. The van der Waals surface area contributed by atoms with Gasteiger partial charge in [-0.1, -0.05) is 12.1 Å². The predicted molar refractivity (Wildman–Crippen MR) is 61.4 cm³/mol. The van der Waals surface area contributed by atoms with Crippen molar-refractivity contribution in [3.05, 3.63) is 29.8 Å². The van der Waals surface area contributed by atoms with E-state index in [-0.39, 0.29) is 18.3 Å². The monoisotopic (exact) mass is 259 g/mol. The Hall–Kier alpha value is -1.69. The van der Waals surface area contributed by atoms with Gasteiger partial charge in [-0.25, -0.2) is 0 Å². The second-order valence-corrected chi connectivity index (χ2v) is 3.71. The van der Waals surface area contributed by atoms with E-state index in [1.807, 2.05) is 0 Å². The number of nitrogens with zero attached hydrogens (tertiary/aromatic N) is 1. The number of halogens is 2. The molecule has 0 radical (unpaired) electrons. The van der Waals surface area contributed by atoms with Gasteiger partial charge in [0.1, 0.15) is 12.4 Å². The Balaban J connectivity index is 2.55. The highest BCUT2D eigenvalue weighted by atomic mass is 19.3. The van der Waals surface area contributed by atoms with Crippen LogP contribution in [0.25, 0.3) is 0 Å². The minimum atomic E-state index is -2.83. The predicted octanol–water partition coefficient (Wildman–Crippen LogP) is 1.89. The van der Waals surface area contributed by atoms with Gasteiger partial charge in [-0.15, -0.1) is 0 Å². The number of methoxy groups -OCH3 is 1. The molecule has 0 heterocycles. The van der Waals surface area contributed by atoms with E-state index < -0.39 is 6.61 Å². The molecule has 4 nitrogen and oxygen atoms in total. The van der Waals surface area contributed by atoms with Gasteiger partial charge in [0.15, 0.2) is 0 Å². The van der Waals surface area contributed by atoms with E-state index in [4.69, 9.17) is 4.74 Å². The number of carbonyl (C=O) groups is 1. The third-order valence-electron chi connectivity index (χ3n) is 2.26. The molecule has 0 saturated heterocycles. The quantitative estimate of drug-likeness (QED) is 0.783. The molecule has 0 aliphatic carbocycles. The lowest BCUT2D eigenvalue weighted by Gasteiger charge is -2.16. The molecule has 0 unspecified atom stereocenters. The summed E-state index contributed by atoms with van der Waals surface area (Å²) in [7, 11) is 3.09. The highest BCUT2D eigenvalue weighted by Crippen LogP contribution is 2.15. The highest BCUT2D eigenvalue weighted by molar-refractivity contribution is 5.77. The zero-order valence-corrected chi connectivity index (χ0v) is 10.2. The van der Waals surface area contributed by atoms with E-state index in [2.05, 4.69) is 4.74 Å². The van der Waals surface area contributed by atoms with Crippen LogP contribution in [0.4, 0.5) is 8.78 Å². The van der Waals surface area contributed by atoms with Crippen molar-refractivity contribution in [2.45, 2.75) is 13.2 Å². The summed E-state index contributed by atoms with van der Waals surface area (Å²) in [5.41, 5.74) is 0.823. The second kappa shape index (κ2) is 6.90. The maximum Gasteiger partial charge on any atom is 0.387 e. The largest absolute Gasteiger partial charge is 0.435 e. The number of carbonyl (C=O) groups excluding carboxylic acids is 1. The SMILES string of the molecule is COCC(=O)N(C)Cc1ccc(OC(F)F)cc1. The number of ether oxygens (including phenoxy) is 2.